The molecule has 0 aliphatic heterocycles. The Balaban J connectivity index is 2.29. The molecule has 0 aliphatic carbocycles. The van der Waals surface area contributed by atoms with Crippen LogP contribution in [0.4, 0.5) is 0 Å². The molecule has 0 saturated carbocycles. The molecule has 102 valence electrons. The van der Waals surface area contributed by atoms with Crippen molar-refractivity contribution in [1.82, 2.24) is 0 Å². The molecule has 2 nitrogen and oxygen atoms in total. The van der Waals surface area contributed by atoms with E-state index in [4.69, 9.17) is 0 Å². The summed E-state index contributed by atoms with van der Waals surface area (Å²) < 4.78 is 0. The van der Waals surface area contributed by atoms with Gasteiger partial charge < -0.3 is 0 Å². The predicted octanol–water partition coefficient (Wildman–Crippen LogP) is 4.54. The number of rotatable bonds is 5. The van der Waals surface area contributed by atoms with E-state index in [0.717, 1.165) is 11.1 Å². The Bertz CT molecular complexity index is 593. The largest absolute Gasteiger partial charge is 0.285 e. The zero-order chi connectivity index (χ0) is 14.5. The third-order valence-electron chi connectivity index (χ3n) is 2.89. The lowest BCUT2D eigenvalue weighted by molar-refractivity contribution is 0.0817. The summed E-state index contributed by atoms with van der Waals surface area (Å²) in [5.41, 5.74) is 2.79. The maximum atomic E-state index is 12.2. The number of alkyl halides is 2. The normalized spacial score (nSPS) is 10.3. The van der Waals surface area contributed by atoms with Crippen LogP contribution in [0.3, 0.4) is 0 Å². The van der Waals surface area contributed by atoms with E-state index in [0.29, 0.717) is 21.8 Å². The molecule has 0 saturated heterocycles. The molecule has 0 unspecified atom stereocenters. The number of Topliss-reactive ketones (excluding diaryl/α,β-unsaturated/α-hetero) is 2. The average Bonchev–Trinajstić information content (AvgIpc) is 2.53. The summed E-state index contributed by atoms with van der Waals surface area (Å²) in [7, 11) is 0. The lowest BCUT2D eigenvalue weighted by atomic mass is 9.99. The number of hydrogen-bond acceptors (Lipinski definition) is 2. The topological polar surface area (TPSA) is 34.1 Å². The highest BCUT2D eigenvalue weighted by Gasteiger charge is 2.18. The zero-order valence-corrected chi connectivity index (χ0v) is 13.8. The first-order chi connectivity index (χ1) is 9.65. The number of ketones is 2. The fourth-order valence-electron chi connectivity index (χ4n) is 1.85. The van der Waals surface area contributed by atoms with Gasteiger partial charge in [0.05, 0.1) is 0 Å². The Kier molecular flexibility index (Phi) is 5.26. The van der Waals surface area contributed by atoms with Crippen molar-refractivity contribution in [2.45, 2.75) is 10.7 Å². The maximum absolute atomic E-state index is 12.2. The van der Waals surface area contributed by atoms with Crippen LogP contribution in [0.25, 0.3) is 0 Å². The van der Waals surface area contributed by atoms with E-state index in [9.17, 15) is 9.59 Å². The minimum Gasteiger partial charge on any atom is -0.285 e. The van der Waals surface area contributed by atoms with E-state index in [1.165, 1.54) is 0 Å². The van der Waals surface area contributed by atoms with Crippen molar-refractivity contribution in [2.75, 3.05) is 0 Å². The Morgan fingerprint density at radius 1 is 0.750 bits per heavy atom. The first-order valence-corrected chi connectivity index (χ1v) is 8.29. The minimum atomic E-state index is -0.473. The molecule has 0 amide bonds. The van der Waals surface area contributed by atoms with Gasteiger partial charge in [-0.25, -0.2) is 0 Å². The molecular weight excluding hydrogens is 384 g/mol. The average molecular weight is 396 g/mol. The Labute approximate surface area is 134 Å². The molecule has 0 spiro atoms. The molecule has 0 aromatic heterocycles. The second kappa shape index (κ2) is 6.95. The highest BCUT2D eigenvalue weighted by molar-refractivity contribution is 9.08. The van der Waals surface area contributed by atoms with Crippen molar-refractivity contribution in [1.29, 1.82) is 0 Å². The van der Waals surface area contributed by atoms with Crippen LogP contribution in [0.2, 0.25) is 0 Å². The van der Waals surface area contributed by atoms with E-state index in [-0.39, 0.29) is 0 Å². The molecule has 0 aliphatic rings. The molecule has 0 atom stereocenters. The molecule has 0 N–H and O–H groups in total. The smallest absolute Gasteiger partial charge is 0.233 e. The van der Waals surface area contributed by atoms with Gasteiger partial charge in [0.25, 0.3) is 0 Å². The van der Waals surface area contributed by atoms with Crippen LogP contribution in [0, 0.1) is 0 Å². The van der Waals surface area contributed by atoms with Gasteiger partial charge in [0.1, 0.15) is 0 Å². The van der Waals surface area contributed by atoms with E-state index >= 15 is 0 Å². The highest BCUT2D eigenvalue weighted by Crippen LogP contribution is 2.14. The van der Waals surface area contributed by atoms with Crippen LogP contribution < -0.4 is 0 Å². The fourth-order valence-corrected chi connectivity index (χ4v) is 2.55. The van der Waals surface area contributed by atoms with Gasteiger partial charge in [-0.15, -0.1) is 0 Å². The van der Waals surface area contributed by atoms with Gasteiger partial charge in [0, 0.05) is 21.8 Å². The number of benzene rings is 2. The number of hydrogen-bond donors (Lipinski definition) is 0. The lowest BCUT2D eigenvalue weighted by Gasteiger charge is -2.04. The van der Waals surface area contributed by atoms with Crippen molar-refractivity contribution in [3.8, 4) is 0 Å². The summed E-state index contributed by atoms with van der Waals surface area (Å²) in [5, 5.41) is 1.31. The monoisotopic (exact) mass is 394 g/mol. The first kappa shape index (κ1) is 15.1. The van der Waals surface area contributed by atoms with Gasteiger partial charge in [-0.3, -0.25) is 9.59 Å². The molecular formula is C16H12Br2O2. The van der Waals surface area contributed by atoms with Gasteiger partial charge in [0.15, 0.2) is 0 Å². The van der Waals surface area contributed by atoms with Crippen LogP contribution in [-0.4, -0.2) is 11.6 Å². The van der Waals surface area contributed by atoms with Crippen molar-refractivity contribution >= 4 is 43.4 Å². The summed E-state index contributed by atoms with van der Waals surface area (Å²) in [6.07, 6.45) is 0. The van der Waals surface area contributed by atoms with Crippen LogP contribution >= 0.6 is 31.9 Å². The number of carbonyl (C=O) groups excluding carboxylic acids is 2. The predicted molar refractivity (Wildman–Crippen MR) is 86.8 cm³/mol. The summed E-state index contributed by atoms with van der Waals surface area (Å²) in [6.45, 7) is 0. The standard InChI is InChI=1S/C16H12Br2O2/c17-9-11-3-1-5-13(7-11)15(19)16(20)14-6-2-4-12(8-14)10-18/h1-8H,9-10H2. The molecule has 0 bridgehead atoms. The Morgan fingerprint density at radius 2 is 1.15 bits per heavy atom. The van der Waals surface area contributed by atoms with Crippen LogP contribution in [0.5, 0.6) is 0 Å². The molecule has 0 heterocycles. The number of halogens is 2. The Hall–Kier alpha value is -1.26. The zero-order valence-electron chi connectivity index (χ0n) is 10.6. The van der Waals surface area contributed by atoms with Gasteiger partial charge in [-0.1, -0.05) is 68.3 Å². The summed E-state index contributed by atoms with van der Waals surface area (Å²) in [6, 6.07) is 14.2. The van der Waals surface area contributed by atoms with E-state index in [1.807, 2.05) is 12.1 Å². The fraction of sp³-hybridized carbons (Fsp3) is 0.125. The van der Waals surface area contributed by atoms with Crippen molar-refractivity contribution in [3.63, 3.8) is 0 Å². The van der Waals surface area contributed by atoms with Gasteiger partial charge in [-0.05, 0) is 23.3 Å². The summed E-state index contributed by atoms with van der Waals surface area (Å²) in [4.78, 5) is 24.5. The molecule has 2 aromatic rings. The molecule has 2 aromatic carbocycles. The molecule has 0 radical (unpaired) electrons. The highest BCUT2D eigenvalue weighted by atomic mass is 79.9. The van der Waals surface area contributed by atoms with E-state index < -0.39 is 11.6 Å². The van der Waals surface area contributed by atoms with Gasteiger partial charge in [-0.2, -0.15) is 0 Å². The quantitative estimate of drug-likeness (QED) is 0.423. The maximum Gasteiger partial charge on any atom is 0.233 e. The van der Waals surface area contributed by atoms with E-state index in [2.05, 4.69) is 31.9 Å². The lowest BCUT2D eigenvalue weighted by Crippen LogP contribution is -2.14. The van der Waals surface area contributed by atoms with Crippen LogP contribution in [0.15, 0.2) is 48.5 Å². The third kappa shape index (κ3) is 3.44. The molecule has 20 heavy (non-hydrogen) atoms. The second-order valence-electron chi connectivity index (χ2n) is 4.33. The van der Waals surface area contributed by atoms with Crippen molar-refractivity contribution in [3.05, 3.63) is 70.8 Å². The molecule has 0 fully saturated rings. The van der Waals surface area contributed by atoms with Crippen LogP contribution in [-0.2, 0) is 10.7 Å². The molecule has 4 heteroatoms. The minimum absolute atomic E-state index is 0.427. The van der Waals surface area contributed by atoms with Crippen molar-refractivity contribution < 1.29 is 9.59 Å². The summed E-state index contributed by atoms with van der Waals surface area (Å²) in [5.74, 6) is -0.945. The summed E-state index contributed by atoms with van der Waals surface area (Å²) >= 11 is 6.68. The first-order valence-electron chi connectivity index (χ1n) is 6.04. The van der Waals surface area contributed by atoms with E-state index in [1.54, 1.807) is 36.4 Å². The van der Waals surface area contributed by atoms with Crippen molar-refractivity contribution in [2.24, 2.45) is 0 Å². The molecule has 2 rings (SSSR count). The Morgan fingerprint density at radius 3 is 1.50 bits per heavy atom. The third-order valence-corrected chi connectivity index (χ3v) is 4.19. The second-order valence-corrected chi connectivity index (χ2v) is 5.45. The van der Waals surface area contributed by atoms with Gasteiger partial charge >= 0.3 is 0 Å². The van der Waals surface area contributed by atoms with Crippen LogP contribution in [0.1, 0.15) is 31.8 Å². The SMILES string of the molecule is O=C(C(=O)c1cccc(CBr)c1)c1cccc(CBr)c1. The van der Waals surface area contributed by atoms with Gasteiger partial charge in [0.2, 0.25) is 11.6 Å². The number of carbonyl (C=O) groups is 2.